The molecular formula is C14H13Cl2NO3S. The summed E-state index contributed by atoms with van der Waals surface area (Å²) in [4.78, 5) is 0.0794. The topological polar surface area (TPSA) is 55.4 Å². The van der Waals surface area contributed by atoms with E-state index in [-0.39, 0.29) is 11.4 Å². The van der Waals surface area contributed by atoms with Gasteiger partial charge < -0.3 is 4.74 Å². The average molecular weight is 346 g/mol. The van der Waals surface area contributed by atoms with Gasteiger partial charge in [-0.15, -0.1) is 0 Å². The normalized spacial score (nSPS) is 11.4. The van der Waals surface area contributed by atoms with Crippen molar-refractivity contribution in [3.63, 3.8) is 0 Å². The van der Waals surface area contributed by atoms with Crippen LogP contribution in [0.25, 0.3) is 0 Å². The van der Waals surface area contributed by atoms with Crippen LogP contribution >= 0.6 is 23.2 Å². The highest BCUT2D eigenvalue weighted by Crippen LogP contribution is 2.27. The molecule has 0 unspecified atom stereocenters. The van der Waals surface area contributed by atoms with E-state index in [2.05, 4.69) is 4.72 Å². The minimum Gasteiger partial charge on any atom is -0.495 e. The lowest BCUT2D eigenvalue weighted by Gasteiger charge is -2.10. The summed E-state index contributed by atoms with van der Waals surface area (Å²) in [7, 11) is -2.25. The number of rotatable bonds is 5. The molecular weight excluding hydrogens is 333 g/mol. The second-order valence-electron chi connectivity index (χ2n) is 4.21. The predicted molar refractivity (Wildman–Crippen MR) is 83.5 cm³/mol. The van der Waals surface area contributed by atoms with E-state index in [1.165, 1.54) is 25.3 Å². The van der Waals surface area contributed by atoms with Gasteiger partial charge in [-0.25, -0.2) is 13.1 Å². The van der Waals surface area contributed by atoms with Gasteiger partial charge in [0.25, 0.3) is 0 Å². The summed E-state index contributed by atoms with van der Waals surface area (Å²) in [5.41, 5.74) is 0.698. The number of sulfonamides is 1. The number of benzene rings is 2. The number of methoxy groups -OCH3 is 1. The van der Waals surface area contributed by atoms with Crippen molar-refractivity contribution in [1.29, 1.82) is 0 Å². The molecule has 0 atom stereocenters. The van der Waals surface area contributed by atoms with E-state index >= 15 is 0 Å². The molecule has 0 saturated carbocycles. The molecule has 0 aromatic heterocycles. The molecule has 21 heavy (non-hydrogen) atoms. The number of ether oxygens (including phenoxy) is 1. The quantitative estimate of drug-likeness (QED) is 0.902. The molecule has 1 N–H and O–H groups in total. The summed E-state index contributed by atoms with van der Waals surface area (Å²) in [6.07, 6.45) is 0. The Kier molecular flexibility index (Phi) is 5.11. The van der Waals surface area contributed by atoms with Gasteiger partial charge in [-0.2, -0.15) is 0 Å². The third kappa shape index (κ3) is 3.89. The fourth-order valence-electron chi connectivity index (χ4n) is 1.71. The Morgan fingerprint density at radius 1 is 1.10 bits per heavy atom. The maximum Gasteiger partial charge on any atom is 0.241 e. The summed E-state index contributed by atoms with van der Waals surface area (Å²) in [6.45, 7) is 0.104. The van der Waals surface area contributed by atoms with E-state index < -0.39 is 10.0 Å². The molecule has 2 aromatic rings. The summed E-state index contributed by atoms with van der Waals surface area (Å²) in [5, 5.41) is 0.858. The Labute approximate surface area is 133 Å². The van der Waals surface area contributed by atoms with Crippen molar-refractivity contribution in [2.75, 3.05) is 7.11 Å². The number of hydrogen-bond acceptors (Lipinski definition) is 3. The molecule has 2 aromatic carbocycles. The summed E-state index contributed by atoms with van der Waals surface area (Å²) < 4.78 is 32.0. The fraction of sp³-hybridized carbons (Fsp3) is 0.143. The molecule has 0 bridgehead atoms. The van der Waals surface area contributed by atoms with Crippen LogP contribution in [0.2, 0.25) is 10.0 Å². The molecule has 0 aliphatic heterocycles. The Balaban J connectivity index is 2.21. The van der Waals surface area contributed by atoms with Gasteiger partial charge in [0.2, 0.25) is 10.0 Å². The molecule has 0 spiro atoms. The summed E-state index contributed by atoms with van der Waals surface area (Å²) in [6, 6.07) is 11.3. The largest absolute Gasteiger partial charge is 0.495 e. The van der Waals surface area contributed by atoms with Gasteiger partial charge in [-0.1, -0.05) is 41.4 Å². The SMILES string of the molecule is COc1cc(S(=O)(=O)NCc2ccccc2Cl)ccc1Cl. The molecule has 0 aliphatic carbocycles. The lowest BCUT2D eigenvalue weighted by atomic mass is 10.2. The van der Waals surface area contributed by atoms with Crippen molar-refractivity contribution in [3.05, 3.63) is 58.1 Å². The minimum atomic E-state index is -3.67. The van der Waals surface area contributed by atoms with Gasteiger partial charge in [0, 0.05) is 17.6 Å². The first-order chi connectivity index (χ1) is 9.94. The lowest BCUT2D eigenvalue weighted by Crippen LogP contribution is -2.23. The zero-order valence-electron chi connectivity index (χ0n) is 11.1. The molecule has 0 fully saturated rings. The summed E-state index contributed by atoms with van der Waals surface area (Å²) >= 11 is 11.9. The van der Waals surface area contributed by atoms with E-state index in [9.17, 15) is 8.42 Å². The molecule has 4 nitrogen and oxygen atoms in total. The third-order valence-corrected chi connectivity index (χ3v) is 4.92. The van der Waals surface area contributed by atoms with Crippen LogP contribution in [0, 0.1) is 0 Å². The minimum absolute atomic E-state index is 0.0794. The fourth-order valence-corrected chi connectivity index (χ4v) is 3.12. The van der Waals surface area contributed by atoms with Crippen LogP contribution in [0.3, 0.4) is 0 Å². The average Bonchev–Trinajstić information content (AvgIpc) is 2.46. The molecule has 0 heterocycles. The van der Waals surface area contributed by atoms with Crippen LogP contribution in [-0.2, 0) is 16.6 Å². The zero-order valence-corrected chi connectivity index (χ0v) is 13.5. The monoisotopic (exact) mass is 345 g/mol. The molecule has 112 valence electrons. The van der Waals surface area contributed by atoms with Gasteiger partial charge >= 0.3 is 0 Å². The van der Waals surface area contributed by atoms with Gasteiger partial charge in [-0.3, -0.25) is 0 Å². The summed E-state index contributed by atoms with van der Waals surface area (Å²) in [5.74, 6) is 0.303. The molecule has 7 heteroatoms. The molecule has 0 radical (unpaired) electrons. The van der Waals surface area contributed by atoms with Crippen LogP contribution in [-0.4, -0.2) is 15.5 Å². The van der Waals surface area contributed by atoms with Gasteiger partial charge in [0.1, 0.15) is 5.75 Å². The standard InChI is InChI=1S/C14H13Cl2NO3S/c1-20-14-8-11(6-7-13(14)16)21(18,19)17-9-10-4-2-3-5-12(10)15/h2-8,17H,9H2,1H3. The Bertz CT molecular complexity index is 748. The Morgan fingerprint density at radius 2 is 1.81 bits per heavy atom. The smallest absolute Gasteiger partial charge is 0.241 e. The van der Waals surface area contributed by atoms with E-state index in [0.717, 1.165) is 0 Å². The molecule has 0 aliphatic rings. The molecule has 2 rings (SSSR count). The first-order valence-electron chi connectivity index (χ1n) is 6.00. The van der Waals surface area contributed by atoms with Crippen LogP contribution in [0.4, 0.5) is 0 Å². The van der Waals surface area contributed by atoms with Crippen molar-refractivity contribution < 1.29 is 13.2 Å². The maximum absolute atomic E-state index is 12.2. The lowest BCUT2D eigenvalue weighted by molar-refractivity contribution is 0.413. The predicted octanol–water partition coefficient (Wildman–Crippen LogP) is 3.48. The highest BCUT2D eigenvalue weighted by molar-refractivity contribution is 7.89. The second-order valence-corrected chi connectivity index (χ2v) is 6.79. The first kappa shape index (κ1) is 16.1. The molecule has 0 amide bonds. The number of halogens is 2. The first-order valence-corrected chi connectivity index (χ1v) is 8.24. The van der Waals surface area contributed by atoms with E-state index in [4.69, 9.17) is 27.9 Å². The van der Waals surface area contributed by atoms with Gasteiger partial charge in [0.15, 0.2) is 0 Å². The highest BCUT2D eigenvalue weighted by Gasteiger charge is 2.16. The van der Waals surface area contributed by atoms with Crippen LogP contribution in [0.1, 0.15) is 5.56 Å². The number of hydrogen-bond donors (Lipinski definition) is 1. The van der Waals surface area contributed by atoms with Crippen molar-refractivity contribution in [3.8, 4) is 5.75 Å². The Morgan fingerprint density at radius 3 is 2.48 bits per heavy atom. The third-order valence-electron chi connectivity index (χ3n) is 2.84. The Hall–Kier alpha value is -1.27. The zero-order chi connectivity index (χ0) is 15.5. The van der Waals surface area contributed by atoms with Crippen molar-refractivity contribution in [2.45, 2.75) is 11.4 Å². The van der Waals surface area contributed by atoms with E-state index in [1.807, 2.05) is 0 Å². The highest BCUT2D eigenvalue weighted by atomic mass is 35.5. The van der Waals surface area contributed by atoms with E-state index in [0.29, 0.717) is 21.4 Å². The van der Waals surface area contributed by atoms with Crippen molar-refractivity contribution in [1.82, 2.24) is 4.72 Å². The van der Waals surface area contributed by atoms with Crippen molar-refractivity contribution in [2.24, 2.45) is 0 Å². The molecule has 0 saturated heterocycles. The van der Waals surface area contributed by atoms with Gasteiger partial charge in [0.05, 0.1) is 17.0 Å². The van der Waals surface area contributed by atoms with Crippen LogP contribution in [0.15, 0.2) is 47.4 Å². The van der Waals surface area contributed by atoms with E-state index in [1.54, 1.807) is 24.3 Å². The van der Waals surface area contributed by atoms with Crippen LogP contribution < -0.4 is 9.46 Å². The van der Waals surface area contributed by atoms with Gasteiger partial charge in [-0.05, 0) is 23.8 Å². The van der Waals surface area contributed by atoms with Crippen LogP contribution in [0.5, 0.6) is 5.75 Å². The maximum atomic E-state index is 12.2. The number of nitrogens with one attached hydrogen (secondary N) is 1. The second kappa shape index (κ2) is 6.66. The van der Waals surface area contributed by atoms with Crippen molar-refractivity contribution >= 4 is 33.2 Å².